The summed E-state index contributed by atoms with van der Waals surface area (Å²) in [7, 11) is 1.53. The van der Waals surface area contributed by atoms with Gasteiger partial charge in [-0.1, -0.05) is 24.2 Å². The smallest absolute Gasteiger partial charge is 0.351 e. The summed E-state index contributed by atoms with van der Waals surface area (Å²) >= 11 is 0. The van der Waals surface area contributed by atoms with Crippen LogP contribution in [-0.2, 0) is 12.6 Å². The van der Waals surface area contributed by atoms with Gasteiger partial charge in [-0.3, -0.25) is 0 Å². The molecule has 2 heterocycles. The van der Waals surface area contributed by atoms with Crippen molar-refractivity contribution in [2.45, 2.75) is 25.8 Å². The fourth-order valence-electron chi connectivity index (χ4n) is 4.25. The van der Waals surface area contributed by atoms with Gasteiger partial charge in [-0.2, -0.15) is 10.2 Å². The van der Waals surface area contributed by atoms with Crippen LogP contribution >= 0.6 is 0 Å². The van der Waals surface area contributed by atoms with Crippen LogP contribution in [0.1, 0.15) is 35.7 Å². The molecule has 1 aliphatic rings. The molecule has 0 saturated heterocycles. The van der Waals surface area contributed by atoms with Crippen LogP contribution in [0.2, 0.25) is 0 Å². The minimum absolute atomic E-state index is 0.0760. The minimum Gasteiger partial charge on any atom is -0.508 e. The van der Waals surface area contributed by atoms with Gasteiger partial charge in [-0.25, -0.2) is 0 Å². The molecule has 9 nitrogen and oxygen atoms in total. The molecular formula is C22H21N5O4. The zero-order valence-electron chi connectivity index (χ0n) is 17.3. The SMILES string of the molecule is CCC1=C(c2ccc(O)cc2)N=NC1(c1ccc(O)cc1)c1c(C)nn(C)c1[N+](=O)[O-]. The van der Waals surface area contributed by atoms with E-state index in [1.165, 1.54) is 23.9 Å². The first-order valence-electron chi connectivity index (χ1n) is 9.73. The van der Waals surface area contributed by atoms with Crippen LogP contribution in [0.25, 0.3) is 5.70 Å². The molecule has 1 unspecified atom stereocenters. The quantitative estimate of drug-likeness (QED) is 0.462. The van der Waals surface area contributed by atoms with Gasteiger partial charge in [0, 0.05) is 5.56 Å². The average molecular weight is 419 g/mol. The van der Waals surface area contributed by atoms with Crippen LogP contribution in [0.15, 0.2) is 64.3 Å². The third-order valence-electron chi connectivity index (χ3n) is 5.53. The number of aryl methyl sites for hydroxylation is 2. The highest BCUT2D eigenvalue weighted by Gasteiger charge is 2.50. The Labute approximate surface area is 178 Å². The number of nitro groups is 1. The summed E-state index contributed by atoms with van der Waals surface area (Å²) < 4.78 is 1.24. The number of aromatic nitrogens is 2. The molecule has 0 fully saturated rings. The van der Waals surface area contributed by atoms with E-state index in [-0.39, 0.29) is 17.3 Å². The Bertz CT molecular complexity index is 1230. The zero-order chi connectivity index (χ0) is 22.3. The van der Waals surface area contributed by atoms with E-state index in [1.54, 1.807) is 43.3 Å². The highest BCUT2D eigenvalue weighted by Crippen LogP contribution is 2.53. The lowest BCUT2D eigenvalue weighted by Gasteiger charge is -2.28. The fraction of sp³-hybridized carbons (Fsp3) is 0.227. The molecule has 158 valence electrons. The summed E-state index contributed by atoms with van der Waals surface area (Å²) in [4.78, 5) is 11.6. The Morgan fingerprint density at radius 3 is 2.19 bits per heavy atom. The summed E-state index contributed by atoms with van der Waals surface area (Å²) in [6, 6.07) is 13.0. The number of hydrogen-bond acceptors (Lipinski definition) is 7. The third-order valence-corrected chi connectivity index (χ3v) is 5.53. The number of aromatic hydroxyl groups is 2. The lowest BCUT2D eigenvalue weighted by molar-refractivity contribution is -0.393. The standard InChI is InChI=1S/C22H21N5O4/c1-4-18-20(14-5-9-16(28)10-6-14)23-25-22(18,15-7-11-17(29)12-8-15)19-13(2)24-26(3)21(19)27(30)31/h5-12,28-29H,4H2,1-3H3. The molecule has 0 saturated carbocycles. The molecule has 0 spiro atoms. The van der Waals surface area contributed by atoms with Crippen molar-refractivity contribution in [3.8, 4) is 11.5 Å². The predicted octanol–water partition coefficient (Wildman–Crippen LogP) is 4.58. The van der Waals surface area contributed by atoms with Gasteiger partial charge in [0.1, 0.15) is 24.1 Å². The van der Waals surface area contributed by atoms with E-state index in [0.29, 0.717) is 28.9 Å². The summed E-state index contributed by atoms with van der Waals surface area (Å²) in [5.41, 5.74) is 2.29. The van der Waals surface area contributed by atoms with Crippen molar-refractivity contribution in [3.63, 3.8) is 0 Å². The first-order valence-corrected chi connectivity index (χ1v) is 9.73. The summed E-state index contributed by atoms with van der Waals surface area (Å²) in [6.45, 7) is 3.66. The van der Waals surface area contributed by atoms with Crippen molar-refractivity contribution >= 4 is 11.5 Å². The van der Waals surface area contributed by atoms with Gasteiger partial charge in [0.15, 0.2) is 5.54 Å². The van der Waals surface area contributed by atoms with E-state index in [0.717, 1.165) is 11.1 Å². The second-order valence-corrected chi connectivity index (χ2v) is 7.35. The van der Waals surface area contributed by atoms with Crippen molar-refractivity contribution in [3.05, 3.63) is 86.6 Å². The molecule has 0 amide bonds. The number of azo groups is 1. The monoisotopic (exact) mass is 419 g/mol. The van der Waals surface area contributed by atoms with Crippen molar-refractivity contribution < 1.29 is 15.1 Å². The number of nitrogens with zero attached hydrogens (tertiary/aromatic N) is 5. The normalized spacial score (nSPS) is 18.0. The topological polar surface area (TPSA) is 126 Å². The predicted molar refractivity (Wildman–Crippen MR) is 114 cm³/mol. The zero-order valence-corrected chi connectivity index (χ0v) is 17.3. The first-order chi connectivity index (χ1) is 14.8. The van der Waals surface area contributed by atoms with Crippen LogP contribution < -0.4 is 0 Å². The maximum absolute atomic E-state index is 12.0. The van der Waals surface area contributed by atoms with Crippen molar-refractivity contribution in [1.82, 2.24) is 9.78 Å². The van der Waals surface area contributed by atoms with E-state index < -0.39 is 10.5 Å². The third kappa shape index (κ3) is 3.05. The highest BCUT2D eigenvalue weighted by atomic mass is 16.6. The Morgan fingerprint density at radius 2 is 1.65 bits per heavy atom. The molecule has 0 aliphatic carbocycles. The van der Waals surface area contributed by atoms with Gasteiger partial charge in [-0.05, 0) is 65.8 Å². The number of rotatable bonds is 5. The van der Waals surface area contributed by atoms with Gasteiger partial charge in [0.2, 0.25) is 0 Å². The second kappa shape index (κ2) is 7.35. The van der Waals surface area contributed by atoms with Gasteiger partial charge >= 0.3 is 5.82 Å². The van der Waals surface area contributed by atoms with Crippen LogP contribution in [0.3, 0.4) is 0 Å². The number of phenols is 2. The Morgan fingerprint density at radius 1 is 1.06 bits per heavy atom. The van der Waals surface area contributed by atoms with Crippen molar-refractivity contribution in [2.75, 3.05) is 0 Å². The molecule has 0 radical (unpaired) electrons. The van der Waals surface area contributed by atoms with E-state index in [4.69, 9.17) is 0 Å². The Kier molecular flexibility index (Phi) is 4.81. The number of benzene rings is 2. The molecule has 1 aromatic heterocycles. The van der Waals surface area contributed by atoms with Crippen molar-refractivity contribution in [1.29, 1.82) is 0 Å². The van der Waals surface area contributed by atoms with Crippen LogP contribution in [0.5, 0.6) is 11.5 Å². The molecule has 9 heteroatoms. The molecule has 2 N–H and O–H groups in total. The van der Waals surface area contributed by atoms with E-state index in [2.05, 4.69) is 15.3 Å². The van der Waals surface area contributed by atoms with E-state index >= 15 is 0 Å². The molecule has 4 rings (SSSR count). The van der Waals surface area contributed by atoms with E-state index in [9.17, 15) is 20.3 Å². The molecule has 31 heavy (non-hydrogen) atoms. The lowest BCUT2D eigenvalue weighted by atomic mass is 9.75. The first kappa shape index (κ1) is 20.3. The van der Waals surface area contributed by atoms with Crippen LogP contribution in [-0.4, -0.2) is 24.9 Å². The van der Waals surface area contributed by atoms with Gasteiger partial charge < -0.3 is 20.3 Å². The number of phenolic OH excluding ortho intramolecular Hbond substituents is 2. The van der Waals surface area contributed by atoms with Gasteiger partial charge in [-0.15, -0.1) is 4.68 Å². The molecule has 3 aromatic rings. The average Bonchev–Trinajstić information content (AvgIpc) is 3.26. The summed E-state index contributed by atoms with van der Waals surface area (Å²) in [6.07, 6.45) is 0.509. The lowest BCUT2D eigenvalue weighted by Crippen LogP contribution is -2.28. The summed E-state index contributed by atoms with van der Waals surface area (Å²) in [5, 5.41) is 44.9. The highest BCUT2D eigenvalue weighted by molar-refractivity contribution is 5.75. The van der Waals surface area contributed by atoms with Crippen LogP contribution in [0.4, 0.5) is 5.82 Å². The maximum Gasteiger partial charge on any atom is 0.351 e. The van der Waals surface area contributed by atoms with E-state index in [1.807, 2.05) is 6.92 Å². The van der Waals surface area contributed by atoms with Gasteiger partial charge in [0.25, 0.3) is 0 Å². The van der Waals surface area contributed by atoms with Crippen molar-refractivity contribution in [2.24, 2.45) is 17.3 Å². The second-order valence-electron chi connectivity index (χ2n) is 7.35. The molecule has 1 aliphatic heterocycles. The molecular weight excluding hydrogens is 398 g/mol. The fourth-order valence-corrected chi connectivity index (χ4v) is 4.25. The Hall–Kier alpha value is -4.01. The summed E-state index contributed by atoms with van der Waals surface area (Å²) in [5.74, 6) is 0.0373. The van der Waals surface area contributed by atoms with Crippen LogP contribution in [0, 0.1) is 17.0 Å². The Balaban J connectivity index is 2.09. The molecule has 1 atom stereocenters. The molecule has 0 bridgehead atoms. The number of hydrogen-bond donors (Lipinski definition) is 2. The minimum atomic E-state index is -1.27. The maximum atomic E-state index is 12.0. The molecule has 2 aromatic carbocycles. The largest absolute Gasteiger partial charge is 0.508 e. The van der Waals surface area contributed by atoms with Gasteiger partial charge in [0.05, 0.1) is 11.4 Å².